The zero-order valence-electron chi connectivity index (χ0n) is 32.9. The van der Waals surface area contributed by atoms with Crippen LogP contribution in [0.3, 0.4) is 0 Å². The van der Waals surface area contributed by atoms with Gasteiger partial charge in [-0.2, -0.15) is 0 Å². The van der Waals surface area contributed by atoms with E-state index in [0.717, 1.165) is 25.4 Å². The number of alkyl halides is 2. The zero-order chi connectivity index (χ0) is 42.0. The number of hydrogen-bond acceptors (Lipinski definition) is 10. The quantitative estimate of drug-likeness (QED) is 0.158. The summed E-state index contributed by atoms with van der Waals surface area (Å²) in [7, 11) is -13.7. The second-order valence-corrected chi connectivity index (χ2v) is 23.0. The minimum absolute atomic E-state index is 0.132. The molecule has 4 atom stereocenters. The molecule has 0 heterocycles. The summed E-state index contributed by atoms with van der Waals surface area (Å²) in [5, 5.41) is -1.26. The van der Waals surface area contributed by atoms with Crippen LogP contribution in [-0.4, -0.2) is 95.1 Å². The Hall–Kier alpha value is -2.46. The summed E-state index contributed by atoms with van der Waals surface area (Å²) in [5.74, 6) is 0.968. The molecule has 14 nitrogen and oxygen atoms in total. The molecule has 2 aromatic carbocycles. The standard InChI is InChI=1S/2C18H29FN2O5S2/c2*1-14(2)28(24,25)21-17-6-4-5-11-18(17,19)15-7-9-16(10-8-15)26-13-12-20-27(3,22)23/h2*7-10,14,17,20-21H,4-6,11-13H2,1-3H3/t17-,18+;17-,18-/m00/s1. The number of rotatable bonds is 18. The first-order valence-corrected chi connectivity index (χ1v) is 25.5. The van der Waals surface area contributed by atoms with E-state index in [1.54, 1.807) is 76.2 Å². The number of sulfonamides is 4. The highest BCUT2D eigenvalue weighted by Gasteiger charge is 2.46. The van der Waals surface area contributed by atoms with Crippen LogP contribution < -0.4 is 28.4 Å². The van der Waals surface area contributed by atoms with Gasteiger partial charge in [-0.05, 0) is 102 Å². The largest absolute Gasteiger partial charge is 0.492 e. The van der Waals surface area contributed by atoms with E-state index in [1.807, 2.05) is 0 Å². The minimum atomic E-state index is -3.58. The molecule has 2 fully saturated rings. The Kier molecular flexibility index (Phi) is 17.1. The summed E-state index contributed by atoms with van der Waals surface area (Å²) in [6, 6.07) is 11.2. The van der Waals surface area contributed by atoms with Crippen LogP contribution in [0, 0.1) is 0 Å². The molecule has 0 spiro atoms. The molecule has 0 saturated heterocycles. The van der Waals surface area contributed by atoms with Crippen molar-refractivity contribution in [3.63, 3.8) is 0 Å². The Morgan fingerprint density at radius 1 is 0.589 bits per heavy atom. The maximum atomic E-state index is 15.9. The van der Waals surface area contributed by atoms with Crippen molar-refractivity contribution in [2.24, 2.45) is 0 Å². The number of nitrogens with one attached hydrogen (secondary N) is 4. The van der Waals surface area contributed by atoms with Gasteiger partial charge < -0.3 is 9.47 Å². The highest BCUT2D eigenvalue weighted by atomic mass is 32.2. The van der Waals surface area contributed by atoms with Gasteiger partial charge in [0.25, 0.3) is 0 Å². The van der Waals surface area contributed by atoms with Crippen molar-refractivity contribution >= 4 is 40.1 Å². The molecular formula is C36H58F2N4O10S4. The smallest absolute Gasteiger partial charge is 0.214 e. The third kappa shape index (κ3) is 14.4. The van der Waals surface area contributed by atoms with Crippen molar-refractivity contribution in [2.45, 2.75) is 113 Å². The molecule has 20 heteroatoms. The fraction of sp³-hybridized carbons (Fsp3) is 0.667. The van der Waals surface area contributed by atoms with Crippen LogP contribution in [0.5, 0.6) is 11.5 Å². The van der Waals surface area contributed by atoms with Crippen molar-refractivity contribution in [3.8, 4) is 11.5 Å². The molecule has 4 N–H and O–H groups in total. The molecule has 0 aromatic heterocycles. The van der Waals surface area contributed by atoms with E-state index >= 15 is 8.78 Å². The molecule has 0 amide bonds. The molecule has 0 bridgehead atoms. The van der Waals surface area contributed by atoms with Crippen LogP contribution in [0.2, 0.25) is 0 Å². The van der Waals surface area contributed by atoms with E-state index in [-0.39, 0.29) is 39.1 Å². The Morgan fingerprint density at radius 3 is 1.20 bits per heavy atom. The fourth-order valence-corrected chi connectivity index (χ4v) is 9.24. The fourth-order valence-electron chi connectivity index (χ4n) is 6.38. The van der Waals surface area contributed by atoms with Gasteiger partial charge in [0, 0.05) is 13.1 Å². The molecular weight excluding hydrogens is 815 g/mol. The molecule has 320 valence electrons. The van der Waals surface area contributed by atoms with Gasteiger partial charge in [-0.25, -0.2) is 61.3 Å². The Bertz CT molecular complexity index is 1860. The lowest BCUT2D eigenvalue weighted by Crippen LogP contribution is -2.51. The van der Waals surface area contributed by atoms with Crippen molar-refractivity contribution in [3.05, 3.63) is 59.7 Å². The molecule has 0 aliphatic heterocycles. The highest BCUT2D eigenvalue weighted by Crippen LogP contribution is 2.43. The lowest BCUT2D eigenvalue weighted by atomic mass is 9.77. The first-order chi connectivity index (χ1) is 25.9. The monoisotopic (exact) mass is 872 g/mol. The van der Waals surface area contributed by atoms with Crippen LogP contribution in [-0.2, 0) is 51.4 Å². The predicted molar refractivity (Wildman–Crippen MR) is 214 cm³/mol. The van der Waals surface area contributed by atoms with Gasteiger partial charge >= 0.3 is 0 Å². The van der Waals surface area contributed by atoms with Crippen molar-refractivity contribution in [2.75, 3.05) is 38.8 Å². The maximum Gasteiger partial charge on any atom is 0.214 e. The predicted octanol–water partition coefficient (Wildman–Crippen LogP) is 4.10. The molecule has 4 rings (SSSR count). The van der Waals surface area contributed by atoms with Crippen LogP contribution in [0.15, 0.2) is 48.5 Å². The van der Waals surface area contributed by atoms with E-state index in [1.165, 1.54) is 0 Å². The first-order valence-electron chi connectivity index (χ1n) is 18.6. The van der Waals surface area contributed by atoms with Gasteiger partial charge in [0.2, 0.25) is 40.1 Å². The summed E-state index contributed by atoms with van der Waals surface area (Å²) in [5.41, 5.74) is -2.75. The second-order valence-electron chi connectivity index (χ2n) is 14.8. The van der Waals surface area contributed by atoms with Gasteiger partial charge in [0.05, 0.1) is 35.1 Å². The number of ether oxygens (including phenoxy) is 2. The Labute approximate surface area is 332 Å². The van der Waals surface area contributed by atoms with Crippen molar-refractivity contribution < 1.29 is 51.9 Å². The summed E-state index contributed by atoms with van der Waals surface area (Å²) < 4.78 is 145. The lowest BCUT2D eigenvalue weighted by Gasteiger charge is -2.38. The zero-order valence-corrected chi connectivity index (χ0v) is 36.2. The van der Waals surface area contributed by atoms with Gasteiger partial charge in [-0.3, -0.25) is 0 Å². The number of benzene rings is 2. The SMILES string of the molecule is CC(C)S(=O)(=O)N[C@H]1CCCC[C@@]1(F)c1ccc(OCCNS(C)(=O)=O)cc1.CC(C)S(=O)(=O)N[C@H]1CCCC[C@]1(F)c1ccc(OCCNS(C)(=O)=O)cc1. The number of halogens is 2. The van der Waals surface area contributed by atoms with Crippen molar-refractivity contribution in [1.29, 1.82) is 0 Å². The van der Waals surface area contributed by atoms with E-state index in [2.05, 4.69) is 18.9 Å². The van der Waals surface area contributed by atoms with E-state index in [0.29, 0.717) is 48.3 Å². The molecule has 2 saturated carbocycles. The average Bonchev–Trinajstić information content (AvgIpc) is 3.10. The summed E-state index contributed by atoms with van der Waals surface area (Å²) in [4.78, 5) is 0. The van der Waals surface area contributed by atoms with Crippen LogP contribution in [0.25, 0.3) is 0 Å². The molecule has 56 heavy (non-hydrogen) atoms. The van der Waals surface area contributed by atoms with E-state index in [4.69, 9.17) is 9.47 Å². The molecule has 2 aliphatic carbocycles. The third-order valence-corrected chi connectivity index (χ3v) is 14.8. The first kappa shape index (κ1) is 47.9. The topological polar surface area (TPSA) is 203 Å². The third-order valence-electron chi connectivity index (χ3n) is 9.66. The van der Waals surface area contributed by atoms with E-state index < -0.39 is 74.0 Å². The Balaban J connectivity index is 0.000000300. The normalized spacial score (nSPS) is 23.7. The Morgan fingerprint density at radius 2 is 0.911 bits per heavy atom. The lowest BCUT2D eigenvalue weighted by molar-refractivity contribution is 0.0711. The van der Waals surface area contributed by atoms with Crippen molar-refractivity contribution in [1.82, 2.24) is 18.9 Å². The van der Waals surface area contributed by atoms with Crippen LogP contribution in [0.1, 0.15) is 90.2 Å². The van der Waals surface area contributed by atoms with Crippen LogP contribution >= 0.6 is 0 Å². The highest BCUT2D eigenvalue weighted by molar-refractivity contribution is 7.90. The van der Waals surface area contributed by atoms with Gasteiger partial charge in [0.15, 0.2) is 11.3 Å². The molecule has 2 aromatic rings. The number of hydrogen-bond donors (Lipinski definition) is 4. The summed E-state index contributed by atoms with van der Waals surface area (Å²) in [6.45, 7) is 6.81. The summed E-state index contributed by atoms with van der Waals surface area (Å²) in [6.07, 6.45) is 6.42. The molecule has 2 aliphatic rings. The molecule has 0 unspecified atom stereocenters. The molecule has 0 radical (unpaired) electrons. The van der Waals surface area contributed by atoms with Crippen LogP contribution in [0.4, 0.5) is 8.78 Å². The second kappa shape index (κ2) is 20.0. The van der Waals surface area contributed by atoms with Gasteiger partial charge in [0.1, 0.15) is 24.7 Å². The summed E-state index contributed by atoms with van der Waals surface area (Å²) >= 11 is 0. The van der Waals surface area contributed by atoms with E-state index in [9.17, 15) is 33.7 Å². The average molecular weight is 873 g/mol. The van der Waals surface area contributed by atoms with Gasteiger partial charge in [-0.15, -0.1) is 0 Å². The minimum Gasteiger partial charge on any atom is -0.492 e. The maximum absolute atomic E-state index is 15.9. The van der Waals surface area contributed by atoms with Gasteiger partial charge in [-0.1, -0.05) is 37.1 Å².